The third-order valence-electron chi connectivity index (χ3n) is 5.20. The lowest BCUT2D eigenvalue weighted by Gasteiger charge is -2.18. The summed E-state index contributed by atoms with van der Waals surface area (Å²) in [5.41, 5.74) is 0.593. The molecule has 9 nitrogen and oxygen atoms in total. The lowest BCUT2D eigenvalue weighted by molar-refractivity contribution is -0.385. The lowest BCUT2D eigenvalue weighted by atomic mass is 9.88. The van der Waals surface area contributed by atoms with Crippen molar-refractivity contribution in [2.75, 3.05) is 11.9 Å². The number of hydrogen-bond acceptors (Lipinski definition) is 8. The van der Waals surface area contributed by atoms with E-state index in [9.17, 15) is 24.5 Å². The Bertz CT molecular complexity index is 1060. The topological polar surface area (TPSA) is 125 Å². The molecule has 1 N–H and O–H groups in total. The zero-order chi connectivity index (χ0) is 23.4. The fourth-order valence-electron chi connectivity index (χ4n) is 3.55. The molecule has 2 aromatic rings. The summed E-state index contributed by atoms with van der Waals surface area (Å²) in [4.78, 5) is 49.2. The van der Waals surface area contributed by atoms with Gasteiger partial charge in [0.25, 0.3) is 11.6 Å². The molecule has 3 rings (SSSR count). The van der Waals surface area contributed by atoms with E-state index in [1.165, 1.54) is 42.5 Å². The van der Waals surface area contributed by atoms with Crippen LogP contribution in [-0.4, -0.2) is 35.5 Å². The molecule has 0 spiro atoms. The van der Waals surface area contributed by atoms with Gasteiger partial charge >= 0.3 is 11.9 Å². The predicted octanol–water partition coefficient (Wildman–Crippen LogP) is 4.14. The Morgan fingerprint density at radius 1 is 1.28 bits per heavy atom. The molecule has 1 amide bonds. The average Bonchev–Trinajstić information content (AvgIpc) is 3.10. The Balaban J connectivity index is 1.79. The molecule has 0 aliphatic heterocycles. The molecule has 0 saturated carbocycles. The normalized spacial score (nSPS) is 15.9. The van der Waals surface area contributed by atoms with Crippen LogP contribution in [0.3, 0.4) is 0 Å². The molecular weight excluding hydrogens is 436 g/mol. The number of rotatable bonds is 7. The minimum absolute atomic E-state index is 0.205. The molecule has 170 valence electrons. The van der Waals surface area contributed by atoms with Crippen LogP contribution in [0.15, 0.2) is 24.3 Å². The van der Waals surface area contributed by atoms with Gasteiger partial charge in [-0.05, 0) is 50.7 Å². The summed E-state index contributed by atoms with van der Waals surface area (Å²) in [6, 6.07) is 5.35. The number of nitro groups is 1. The van der Waals surface area contributed by atoms with E-state index in [2.05, 4.69) is 12.2 Å². The van der Waals surface area contributed by atoms with Crippen molar-refractivity contribution in [2.45, 2.75) is 46.1 Å². The van der Waals surface area contributed by atoms with Gasteiger partial charge in [0.1, 0.15) is 10.6 Å². The summed E-state index contributed by atoms with van der Waals surface area (Å²) in [7, 11) is 0. The van der Waals surface area contributed by atoms with E-state index in [1.807, 2.05) is 0 Å². The number of hydrogen-bond donors (Lipinski definition) is 1. The van der Waals surface area contributed by atoms with Crippen molar-refractivity contribution < 1.29 is 28.8 Å². The van der Waals surface area contributed by atoms with Crippen molar-refractivity contribution in [1.29, 1.82) is 0 Å². The largest absolute Gasteiger partial charge is 0.462 e. The number of fused-ring (bicyclic) bond motifs is 1. The van der Waals surface area contributed by atoms with Crippen LogP contribution < -0.4 is 5.32 Å². The van der Waals surface area contributed by atoms with Crippen LogP contribution in [0.5, 0.6) is 0 Å². The summed E-state index contributed by atoms with van der Waals surface area (Å²) in [5, 5.41) is 14.2. The molecule has 10 heteroatoms. The van der Waals surface area contributed by atoms with Crippen molar-refractivity contribution >= 4 is 39.9 Å². The van der Waals surface area contributed by atoms with Crippen LogP contribution in [0.1, 0.15) is 58.3 Å². The molecule has 0 bridgehead atoms. The van der Waals surface area contributed by atoms with E-state index < -0.39 is 34.6 Å². The van der Waals surface area contributed by atoms with Crippen molar-refractivity contribution in [2.24, 2.45) is 5.92 Å². The Labute approximate surface area is 188 Å². The first-order valence-corrected chi connectivity index (χ1v) is 11.1. The Morgan fingerprint density at radius 3 is 2.69 bits per heavy atom. The van der Waals surface area contributed by atoms with Crippen molar-refractivity contribution in [1.82, 2.24) is 0 Å². The molecule has 32 heavy (non-hydrogen) atoms. The number of carbonyl (C=O) groups excluding carboxylic acids is 3. The van der Waals surface area contributed by atoms with Crippen LogP contribution in [-0.2, 0) is 27.1 Å². The third kappa shape index (κ3) is 4.96. The van der Waals surface area contributed by atoms with E-state index in [-0.39, 0.29) is 12.2 Å². The third-order valence-corrected chi connectivity index (χ3v) is 6.37. The Kier molecular flexibility index (Phi) is 7.24. The summed E-state index contributed by atoms with van der Waals surface area (Å²) in [6.45, 7) is 5.41. The quantitative estimate of drug-likeness (QED) is 0.374. The van der Waals surface area contributed by atoms with Gasteiger partial charge in [0, 0.05) is 10.9 Å². The number of carbonyl (C=O) groups is 3. The fourth-order valence-corrected chi connectivity index (χ4v) is 4.96. The maximum Gasteiger partial charge on any atom is 0.345 e. The van der Waals surface area contributed by atoms with Gasteiger partial charge < -0.3 is 14.8 Å². The predicted molar refractivity (Wildman–Crippen MR) is 118 cm³/mol. The van der Waals surface area contributed by atoms with Gasteiger partial charge in [0.15, 0.2) is 6.10 Å². The summed E-state index contributed by atoms with van der Waals surface area (Å²) >= 11 is 1.32. The van der Waals surface area contributed by atoms with Gasteiger partial charge in [0.05, 0.1) is 17.1 Å². The van der Waals surface area contributed by atoms with E-state index in [0.29, 0.717) is 16.5 Å². The van der Waals surface area contributed by atoms with E-state index >= 15 is 0 Å². The Hall–Kier alpha value is -3.27. The second-order valence-electron chi connectivity index (χ2n) is 7.59. The van der Waals surface area contributed by atoms with Crippen molar-refractivity contribution in [3.05, 3.63) is 55.9 Å². The number of ether oxygens (including phenoxy) is 2. The molecular formula is C22H24N2O7S. The number of nitrogens with zero attached hydrogens (tertiary/aromatic N) is 1. The SMILES string of the molecule is CCOC(=O)c1c(NC(=O)C(C)OC(=O)c2ccccc2[N+](=O)[O-])sc2c1CCC(C)C2. The monoisotopic (exact) mass is 460 g/mol. The van der Waals surface area contributed by atoms with Crippen LogP contribution in [0.2, 0.25) is 0 Å². The summed E-state index contributed by atoms with van der Waals surface area (Å²) in [5.74, 6) is -1.65. The number of benzene rings is 1. The minimum atomic E-state index is -1.24. The van der Waals surface area contributed by atoms with Crippen LogP contribution in [0.4, 0.5) is 10.7 Å². The lowest BCUT2D eigenvalue weighted by Crippen LogP contribution is -2.30. The highest BCUT2D eigenvalue weighted by Gasteiger charge is 2.31. The van der Waals surface area contributed by atoms with Gasteiger partial charge in [-0.25, -0.2) is 9.59 Å². The first-order valence-electron chi connectivity index (χ1n) is 10.3. The van der Waals surface area contributed by atoms with Crippen molar-refractivity contribution in [3.8, 4) is 0 Å². The number of nitrogens with one attached hydrogen (secondary N) is 1. The fraction of sp³-hybridized carbons (Fsp3) is 0.409. The molecule has 1 aromatic heterocycles. The second kappa shape index (κ2) is 9.90. The number of thiophene rings is 1. The van der Waals surface area contributed by atoms with Gasteiger partial charge in [-0.1, -0.05) is 19.1 Å². The van der Waals surface area contributed by atoms with Crippen LogP contribution in [0, 0.1) is 16.0 Å². The number of nitro benzene ring substituents is 1. The number of para-hydroxylation sites is 1. The number of amides is 1. The van der Waals surface area contributed by atoms with E-state index in [0.717, 1.165) is 29.7 Å². The molecule has 1 aliphatic carbocycles. The minimum Gasteiger partial charge on any atom is -0.462 e. The maximum atomic E-state index is 12.7. The van der Waals surface area contributed by atoms with Crippen molar-refractivity contribution in [3.63, 3.8) is 0 Å². The molecule has 0 radical (unpaired) electrons. The zero-order valence-electron chi connectivity index (χ0n) is 18.0. The number of anilines is 1. The first kappa shape index (κ1) is 23.4. The maximum absolute atomic E-state index is 12.7. The average molecular weight is 461 g/mol. The summed E-state index contributed by atoms with van der Waals surface area (Å²) < 4.78 is 10.3. The van der Waals surface area contributed by atoms with E-state index in [1.54, 1.807) is 6.92 Å². The molecule has 0 fully saturated rings. The first-order chi connectivity index (χ1) is 15.2. The summed E-state index contributed by atoms with van der Waals surface area (Å²) in [6.07, 6.45) is 1.23. The molecule has 0 saturated heterocycles. The molecule has 1 aliphatic rings. The standard InChI is InChI=1S/C22H24N2O7S/c1-4-30-22(27)18-15-10-9-12(2)11-17(15)32-20(18)23-19(25)13(3)31-21(26)14-7-5-6-8-16(14)24(28)29/h5-8,12-13H,4,9-11H2,1-3H3,(H,23,25). The van der Waals surface area contributed by atoms with Crippen LogP contribution >= 0.6 is 11.3 Å². The highest BCUT2D eigenvalue weighted by atomic mass is 32.1. The number of esters is 2. The smallest absolute Gasteiger partial charge is 0.345 e. The van der Waals surface area contributed by atoms with Gasteiger partial charge in [-0.2, -0.15) is 0 Å². The Morgan fingerprint density at radius 2 is 2.00 bits per heavy atom. The van der Waals surface area contributed by atoms with Gasteiger partial charge in [-0.3, -0.25) is 14.9 Å². The highest BCUT2D eigenvalue weighted by molar-refractivity contribution is 7.17. The molecule has 2 unspecified atom stereocenters. The van der Waals surface area contributed by atoms with Gasteiger partial charge in [0.2, 0.25) is 0 Å². The highest BCUT2D eigenvalue weighted by Crippen LogP contribution is 2.40. The molecule has 2 atom stereocenters. The molecule has 1 heterocycles. The second-order valence-corrected chi connectivity index (χ2v) is 8.69. The van der Waals surface area contributed by atoms with E-state index in [4.69, 9.17) is 9.47 Å². The molecule has 1 aromatic carbocycles. The van der Waals surface area contributed by atoms with Gasteiger partial charge in [-0.15, -0.1) is 11.3 Å². The zero-order valence-corrected chi connectivity index (χ0v) is 18.8. The van der Waals surface area contributed by atoms with Crippen LogP contribution in [0.25, 0.3) is 0 Å².